The van der Waals surface area contributed by atoms with E-state index in [0.29, 0.717) is 5.75 Å². The predicted octanol–water partition coefficient (Wildman–Crippen LogP) is 0.518. The fourth-order valence-electron chi connectivity index (χ4n) is 4.06. The lowest BCUT2D eigenvalue weighted by atomic mass is 9.82. The topological polar surface area (TPSA) is 56.3 Å². The van der Waals surface area contributed by atoms with E-state index in [-0.39, 0.29) is 28.1 Å². The molecule has 1 aromatic carbocycles. The second-order valence-electron chi connectivity index (χ2n) is 8.81. The van der Waals surface area contributed by atoms with Gasteiger partial charge in [-0.1, -0.05) is 4.99 Å². The van der Waals surface area contributed by atoms with Gasteiger partial charge >= 0.3 is 0 Å². The first-order valence-electron chi connectivity index (χ1n) is 9.70. The van der Waals surface area contributed by atoms with Crippen LogP contribution in [0.5, 0.6) is 5.75 Å². The quantitative estimate of drug-likeness (QED) is 0.322. The van der Waals surface area contributed by atoms with Gasteiger partial charge in [-0.15, -0.1) is 9.75 Å². The summed E-state index contributed by atoms with van der Waals surface area (Å²) < 4.78 is 3.68. The van der Waals surface area contributed by atoms with Crippen molar-refractivity contribution in [3.8, 4) is 11.4 Å². The molecule has 156 valence electrons. The van der Waals surface area contributed by atoms with Crippen molar-refractivity contribution >= 4 is 10.9 Å². The van der Waals surface area contributed by atoms with Crippen LogP contribution < -0.4 is 26.4 Å². The minimum Gasteiger partial charge on any atom is -1.00 e. The number of hydrogen-bond donors (Lipinski definition) is 0. The van der Waals surface area contributed by atoms with Crippen molar-refractivity contribution in [2.45, 2.75) is 58.0 Å². The van der Waals surface area contributed by atoms with E-state index in [1.807, 2.05) is 47.4 Å². The molecule has 1 fully saturated rings. The second-order valence-corrected chi connectivity index (χ2v) is 8.81. The molecule has 0 aliphatic carbocycles. The number of halogens is 1. The van der Waals surface area contributed by atoms with Gasteiger partial charge in [0.1, 0.15) is 5.69 Å². The van der Waals surface area contributed by atoms with Gasteiger partial charge in [0.05, 0.1) is 18.8 Å². The molecule has 0 N–H and O–H groups in total. The molecule has 0 amide bonds. The molecule has 0 bridgehead atoms. The lowest BCUT2D eigenvalue weighted by Crippen LogP contribution is -3.00. The lowest BCUT2D eigenvalue weighted by molar-refractivity contribution is -0.596. The Kier molecular flexibility index (Phi) is 5.98. The van der Waals surface area contributed by atoms with Gasteiger partial charge in [-0.25, -0.2) is 4.57 Å². The first-order chi connectivity index (χ1) is 13.2. The molecule has 1 saturated heterocycles. The van der Waals surface area contributed by atoms with Crippen molar-refractivity contribution in [3.05, 3.63) is 43.1 Å². The minimum atomic E-state index is -0.0791. The van der Waals surface area contributed by atoms with Gasteiger partial charge in [-0.2, -0.15) is 0 Å². The molecule has 29 heavy (non-hydrogen) atoms. The van der Waals surface area contributed by atoms with Crippen molar-refractivity contribution in [2.24, 2.45) is 7.05 Å². The van der Waals surface area contributed by atoms with Crippen molar-refractivity contribution in [1.29, 1.82) is 0 Å². The maximum absolute atomic E-state index is 5.86. The Bertz CT molecular complexity index is 986. The van der Waals surface area contributed by atoms with Crippen molar-refractivity contribution in [3.63, 3.8) is 0 Å². The molecule has 2 aromatic heterocycles. The van der Waals surface area contributed by atoms with E-state index in [4.69, 9.17) is 9.88 Å². The van der Waals surface area contributed by atoms with Crippen LogP contribution in [0.1, 0.15) is 47.0 Å². The highest BCUT2D eigenvalue weighted by atomic mass is 79.9. The van der Waals surface area contributed by atoms with Crippen LogP contribution in [-0.2, 0) is 12.0 Å². The highest BCUT2D eigenvalue weighted by Crippen LogP contribution is 2.38. The Labute approximate surface area is 181 Å². The van der Waals surface area contributed by atoms with Gasteiger partial charge < -0.3 is 21.9 Å². The van der Waals surface area contributed by atoms with Crippen LogP contribution >= 0.6 is 0 Å². The number of piperidine rings is 1. The molecule has 3 aromatic rings. The zero-order valence-corrected chi connectivity index (χ0v) is 19.2. The Morgan fingerprint density at radius 3 is 2.45 bits per heavy atom. The summed E-state index contributed by atoms with van der Waals surface area (Å²) in [6, 6.07) is 7.84. The van der Waals surface area contributed by atoms with Crippen LogP contribution in [0.15, 0.2) is 43.1 Å². The van der Waals surface area contributed by atoms with Crippen LogP contribution in [0, 0.1) is 0 Å². The third kappa shape index (κ3) is 4.44. The number of aryl methyl sites for hydroxylation is 1. The lowest BCUT2D eigenvalue weighted by Gasteiger charge is -2.49. The van der Waals surface area contributed by atoms with E-state index in [9.17, 15) is 0 Å². The molecular formula is C21H28BrN5O2. The van der Waals surface area contributed by atoms with E-state index in [0.717, 1.165) is 29.4 Å². The van der Waals surface area contributed by atoms with Gasteiger partial charge in [0.2, 0.25) is 6.33 Å². The number of pyridine rings is 1. The summed E-state index contributed by atoms with van der Waals surface area (Å²) in [4.78, 5) is 16.1. The molecule has 1 aliphatic rings. The summed E-state index contributed by atoms with van der Waals surface area (Å²) in [5.41, 5.74) is 1.69. The van der Waals surface area contributed by atoms with Gasteiger partial charge in [0.25, 0.3) is 6.33 Å². The average Bonchev–Trinajstić information content (AvgIpc) is 3.06. The highest BCUT2D eigenvalue weighted by Gasteiger charge is 2.43. The Morgan fingerprint density at radius 1 is 1.07 bits per heavy atom. The smallest absolute Gasteiger partial charge is 0.270 e. The second kappa shape index (κ2) is 8.01. The van der Waals surface area contributed by atoms with E-state index in [1.54, 1.807) is 11.0 Å². The molecule has 0 atom stereocenters. The standard InChI is InChI=1S/C21H28N5O2.BrH/c1-20(2)9-6-10-21(3,4)26(20)28-27-18-7-8-19-16(12-18)11-17(13-22-19)25-14-23-24(5)15-25;/h7-8,11-15H,6,9-10H2,1-5H3;1H/q+1;/p-1. The van der Waals surface area contributed by atoms with Crippen LogP contribution in [-0.4, -0.2) is 30.9 Å². The molecule has 0 spiro atoms. The van der Waals surface area contributed by atoms with Crippen LogP contribution in [0.25, 0.3) is 16.6 Å². The molecule has 3 heterocycles. The first-order valence-corrected chi connectivity index (χ1v) is 9.70. The summed E-state index contributed by atoms with van der Waals surface area (Å²) >= 11 is 0. The summed E-state index contributed by atoms with van der Waals surface area (Å²) in [7, 11) is 1.89. The van der Waals surface area contributed by atoms with E-state index in [2.05, 4.69) is 43.8 Å². The zero-order chi connectivity index (χ0) is 19.9. The average molecular weight is 462 g/mol. The molecule has 0 radical (unpaired) electrons. The normalized spacial score (nSPS) is 18.4. The van der Waals surface area contributed by atoms with E-state index < -0.39 is 0 Å². The maximum Gasteiger partial charge on any atom is 0.270 e. The Morgan fingerprint density at radius 2 is 1.79 bits per heavy atom. The largest absolute Gasteiger partial charge is 1.00 e. The van der Waals surface area contributed by atoms with Crippen molar-refractivity contribution < 1.29 is 31.4 Å². The van der Waals surface area contributed by atoms with E-state index in [1.165, 1.54) is 6.42 Å². The summed E-state index contributed by atoms with van der Waals surface area (Å²) in [5.74, 6) is 0.653. The van der Waals surface area contributed by atoms with Gasteiger partial charge in [-0.05, 0) is 71.2 Å². The number of rotatable bonds is 4. The monoisotopic (exact) mass is 461 g/mol. The molecule has 0 unspecified atom stereocenters. The zero-order valence-electron chi connectivity index (χ0n) is 17.6. The number of hydroxylamine groups is 2. The minimum absolute atomic E-state index is 0. The summed E-state index contributed by atoms with van der Waals surface area (Å²) in [6.07, 6.45) is 8.83. The van der Waals surface area contributed by atoms with Crippen LogP contribution in [0.3, 0.4) is 0 Å². The van der Waals surface area contributed by atoms with Crippen LogP contribution in [0.2, 0.25) is 0 Å². The third-order valence-electron chi connectivity index (χ3n) is 5.47. The predicted molar refractivity (Wildman–Crippen MR) is 106 cm³/mol. The number of nitrogens with zero attached hydrogens (tertiary/aromatic N) is 5. The van der Waals surface area contributed by atoms with Gasteiger partial charge in [0.15, 0.2) is 5.75 Å². The van der Waals surface area contributed by atoms with Crippen LogP contribution in [0.4, 0.5) is 0 Å². The molecule has 8 heteroatoms. The molecule has 4 rings (SSSR count). The van der Waals surface area contributed by atoms with Crippen molar-refractivity contribution in [1.82, 2.24) is 19.8 Å². The molecule has 7 nitrogen and oxygen atoms in total. The summed E-state index contributed by atoms with van der Waals surface area (Å²) in [6.45, 7) is 8.77. The molecule has 1 aliphatic heterocycles. The van der Waals surface area contributed by atoms with Crippen molar-refractivity contribution in [2.75, 3.05) is 0 Å². The third-order valence-corrected chi connectivity index (χ3v) is 5.47. The number of hydrogen-bond acceptors (Lipinski definition) is 5. The number of aromatic nitrogens is 4. The first kappa shape index (κ1) is 21.7. The molecular weight excluding hydrogens is 434 g/mol. The molecule has 0 saturated carbocycles. The van der Waals surface area contributed by atoms with E-state index >= 15 is 0 Å². The van der Waals surface area contributed by atoms with Gasteiger partial charge in [-0.3, -0.25) is 4.98 Å². The number of fused-ring (bicyclic) bond motifs is 1. The number of benzene rings is 1. The maximum atomic E-state index is 5.86. The van der Waals surface area contributed by atoms with Gasteiger partial charge in [0, 0.05) is 21.6 Å². The highest BCUT2D eigenvalue weighted by molar-refractivity contribution is 5.81. The fraction of sp³-hybridized carbons (Fsp3) is 0.476. The SMILES string of the molecule is Cn1c[n+](-c2cnc3ccc(OON4C(C)(C)CCCC4(C)C)cc3c2)cn1.[Br-]. The Hall–Kier alpha value is -2.03. The summed E-state index contributed by atoms with van der Waals surface area (Å²) in [5, 5.41) is 7.17. The Balaban J connectivity index is 0.00000240. The fourth-order valence-corrected chi connectivity index (χ4v) is 4.06.